The second-order valence-corrected chi connectivity index (χ2v) is 11.7. The second kappa shape index (κ2) is 20.0. The molecule has 0 saturated heterocycles. The molecule has 0 spiro atoms. The molecule has 0 fully saturated rings. The van der Waals surface area contributed by atoms with Gasteiger partial charge in [-0.2, -0.15) is 0 Å². The SMILES string of the molecule is C=CC[Si](OC)(OC)OC.C=C[Si](OCCCC)(OCCCC)OCCCC. The summed E-state index contributed by atoms with van der Waals surface area (Å²) in [6.45, 7) is 16.0. The van der Waals surface area contributed by atoms with Crippen LogP contribution in [0.1, 0.15) is 59.3 Å². The van der Waals surface area contributed by atoms with Crippen molar-refractivity contribution in [1.82, 2.24) is 0 Å². The van der Waals surface area contributed by atoms with E-state index in [1.807, 2.05) is 0 Å². The molecule has 0 amide bonds. The van der Waals surface area contributed by atoms with E-state index in [4.69, 9.17) is 26.6 Å². The molecule has 0 aromatic rings. The van der Waals surface area contributed by atoms with Crippen molar-refractivity contribution in [3.63, 3.8) is 0 Å². The van der Waals surface area contributed by atoms with Gasteiger partial charge in [0.2, 0.25) is 0 Å². The fraction of sp³-hybridized carbons (Fsp3) is 0.800. The maximum absolute atomic E-state index is 5.89. The van der Waals surface area contributed by atoms with Gasteiger partial charge in [0.15, 0.2) is 0 Å². The van der Waals surface area contributed by atoms with Crippen LogP contribution >= 0.6 is 0 Å². The van der Waals surface area contributed by atoms with Crippen LogP contribution in [-0.4, -0.2) is 58.8 Å². The lowest BCUT2D eigenvalue weighted by Crippen LogP contribution is -2.45. The molecule has 0 aromatic carbocycles. The van der Waals surface area contributed by atoms with Crippen molar-refractivity contribution < 1.29 is 26.6 Å². The normalized spacial score (nSPS) is 11.6. The molecular weight excluding hydrogens is 392 g/mol. The number of allylic oxidation sites excluding steroid dienone is 1. The van der Waals surface area contributed by atoms with E-state index in [1.54, 1.807) is 33.1 Å². The van der Waals surface area contributed by atoms with Crippen molar-refractivity contribution in [1.29, 1.82) is 0 Å². The van der Waals surface area contributed by atoms with Gasteiger partial charge in [0.1, 0.15) is 0 Å². The Morgan fingerprint density at radius 2 is 1.04 bits per heavy atom. The number of rotatable bonds is 18. The first kappa shape index (κ1) is 29.9. The smallest absolute Gasteiger partial charge is 0.377 e. The molecule has 0 aromatic heterocycles. The van der Waals surface area contributed by atoms with Gasteiger partial charge in [0.05, 0.1) is 0 Å². The largest absolute Gasteiger partial charge is 0.529 e. The Kier molecular flexibility index (Phi) is 21.3. The lowest BCUT2D eigenvalue weighted by molar-refractivity contribution is 0.0685. The maximum Gasteiger partial charge on any atom is 0.529 e. The van der Waals surface area contributed by atoms with E-state index in [0.29, 0.717) is 25.9 Å². The molecule has 0 atom stereocenters. The predicted octanol–water partition coefficient (Wildman–Crippen LogP) is 5.15. The minimum absolute atomic E-state index is 0.649. The van der Waals surface area contributed by atoms with E-state index in [-0.39, 0.29) is 0 Å². The molecule has 0 saturated carbocycles. The van der Waals surface area contributed by atoms with E-state index < -0.39 is 17.6 Å². The third-order valence-electron chi connectivity index (χ3n) is 3.98. The highest BCUT2D eigenvalue weighted by Crippen LogP contribution is 2.14. The van der Waals surface area contributed by atoms with Gasteiger partial charge in [-0.15, -0.1) is 6.58 Å². The van der Waals surface area contributed by atoms with Gasteiger partial charge < -0.3 is 26.6 Å². The van der Waals surface area contributed by atoms with Crippen molar-refractivity contribution in [2.45, 2.75) is 65.3 Å². The summed E-state index contributed by atoms with van der Waals surface area (Å²) in [5, 5.41) is 0. The van der Waals surface area contributed by atoms with Crippen LogP contribution in [0, 0.1) is 0 Å². The van der Waals surface area contributed by atoms with E-state index in [1.165, 1.54) is 0 Å². The topological polar surface area (TPSA) is 55.4 Å². The first-order valence-electron chi connectivity index (χ1n) is 10.3. The Morgan fingerprint density at radius 1 is 0.679 bits per heavy atom. The Bertz CT molecular complexity index is 330. The van der Waals surface area contributed by atoms with Crippen LogP contribution in [0.4, 0.5) is 0 Å². The maximum atomic E-state index is 5.89. The molecule has 6 nitrogen and oxygen atoms in total. The molecule has 0 unspecified atom stereocenters. The third kappa shape index (κ3) is 13.8. The van der Waals surface area contributed by atoms with Gasteiger partial charge in [0.25, 0.3) is 0 Å². The summed E-state index contributed by atoms with van der Waals surface area (Å²) in [4.78, 5) is 0. The summed E-state index contributed by atoms with van der Waals surface area (Å²) < 4.78 is 33.0. The molecule has 0 radical (unpaired) electrons. The zero-order valence-electron chi connectivity index (χ0n) is 19.1. The highest BCUT2D eigenvalue weighted by atomic mass is 28.4. The van der Waals surface area contributed by atoms with Gasteiger partial charge >= 0.3 is 17.6 Å². The molecule has 0 aliphatic heterocycles. The average molecular weight is 437 g/mol. The molecule has 0 heterocycles. The Labute approximate surface area is 175 Å². The lowest BCUT2D eigenvalue weighted by atomic mass is 10.4. The molecule has 168 valence electrons. The highest BCUT2D eigenvalue weighted by Gasteiger charge is 2.37. The number of hydrogen-bond donors (Lipinski definition) is 0. The van der Waals surface area contributed by atoms with Crippen LogP contribution < -0.4 is 0 Å². The van der Waals surface area contributed by atoms with Gasteiger partial charge in [0, 0.05) is 47.2 Å². The van der Waals surface area contributed by atoms with Gasteiger partial charge in [-0.3, -0.25) is 0 Å². The van der Waals surface area contributed by atoms with Crippen molar-refractivity contribution >= 4 is 17.6 Å². The molecular formula is C20H44O6Si2. The van der Waals surface area contributed by atoms with Gasteiger partial charge in [-0.1, -0.05) is 52.7 Å². The number of unbranched alkanes of at least 4 members (excludes halogenated alkanes) is 3. The first-order chi connectivity index (χ1) is 13.5. The Hall–Kier alpha value is -0.326. The summed E-state index contributed by atoms with van der Waals surface area (Å²) in [7, 11) is -0.195. The standard InChI is InChI=1S/C14H30O3Si.C6H14O3Si/c1-5-9-12-15-18(8-4,16-13-10-6-2)17-14-11-7-3;1-5-6-10(7-2,8-3)9-4/h8H,4-7,9-14H2,1-3H3;5H,1,6H2,2-4H3. The van der Waals surface area contributed by atoms with E-state index >= 15 is 0 Å². The fourth-order valence-corrected chi connectivity index (χ4v) is 5.30. The summed E-state index contributed by atoms with van der Waals surface area (Å²) in [5.74, 6) is 0. The third-order valence-corrected chi connectivity index (χ3v) is 8.95. The summed E-state index contributed by atoms with van der Waals surface area (Å²) in [6, 6.07) is 0.649. The summed E-state index contributed by atoms with van der Waals surface area (Å²) in [6.07, 6.45) is 8.20. The monoisotopic (exact) mass is 436 g/mol. The van der Waals surface area contributed by atoms with Crippen LogP contribution in [0.3, 0.4) is 0 Å². The van der Waals surface area contributed by atoms with Crippen molar-refractivity contribution in [3.05, 3.63) is 24.9 Å². The molecule has 0 bridgehead atoms. The van der Waals surface area contributed by atoms with Crippen LogP contribution in [0.15, 0.2) is 24.9 Å². The fourth-order valence-electron chi connectivity index (χ4n) is 2.05. The van der Waals surface area contributed by atoms with Crippen LogP contribution in [0.5, 0.6) is 0 Å². The van der Waals surface area contributed by atoms with E-state index in [0.717, 1.165) is 38.5 Å². The van der Waals surface area contributed by atoms with Crippen LogP contribution in [0.2, 0.25) is 6.04 Å². The minimum atomic E-state index is -2.62. The lowest BCUT2D eigenvalue weighted by Gasteiger charge is -2.26. The molecule has 28 heavy (non-hydrogen) atoms. The van der Waals surface area contributed by atoms with Gasteiger partial charge in [-0.05, 0) is 25.0 Å². The first-order valence-corrected chi connectivity index (χ1v) is 14.0. The minimum Gasteiger partial charge on any atom is -0.377 e. The average Bonchev–Trinajstić information content (AvgIpc) is 2.73. The van der Waals surface area contributed by atoms with Crippen LogP contribution in [-0.2, 0) is 26.6 Å². The van der Waals surface area contributed by atoms with Gasteiger partial charge in [-0.25, -0.2) is 0 Å². The second-order valence-electron chi connectivity index (χ2n) is 6.20. The molecule has 0 N–H and O–H groups in total. The molecule has 0 aliphatic carbocycles. The zero-order chi connectivity index (χ0) is 21.7. The molecule has 0 aliphatic rings. The van der Waals surface area contributed by atoms with Crippen molar-refractivity contribution in [2.75, 3.05) is 41.2 Å². The summed E-state index contributed by atoms with van der Waals surface area (Å²) in [5.41, 5.74) is 1.77. The van der Waals surface area contributed by atoms with E-state index in [2.05, 4.69) is 33.9 Å². The molecule has 0 rings (SSSR count). The van der Waals surface area contributed by atoms with E-state index in [9.17, 15) is 0 Å². The highest BCUT2D eigenvalue weighted by molar-refractivity contribution is 6.66. The predicted molar refractivity (Wildman–Crippen MR) is 120 cm³/mol. The summed E-state index contributed by atoms with van der Waals surface area (Å²) >= 11 is 0. The Morgan fingerprint density at radius 3 is 1.21 bits per heavy atom. The Balaban J connectivity index is 0. The van der Waals surface area contributed by atoms with Crippen LogP contribution in [0.25, 0.3) is 0 Å². The van der Waals surface area contributed by atoms with Crippen molar-refractivity contribution in [2.24, 2.45) is 0 Å². The number of hydrogen-bond acceptors (Lipinski definition) is 6. The zero-order valence-corrected chi connectivity index (χ0v) is 21.1. The van der Waals surface area contributed by atoms with Crippen molar-refractivity contribution in [3.8, 4) is 0 Å². The molecule has 8 heteroatoms. The quantitative estimate of drug-likeness (QED) is 0.168.